The summed E-state index contributed by atoms with van der Waals surface area (Å²) < 4.78 is 44.5. The third-order valence-electron chi connectivity index (χ3n) is 4.47. The summed E-state index contributed by atoms with van der Waals surface area (Å²) in [6.45, 7) is 0.701. The third kappa shape index (κ3) is 5.56. The van der Waals surface area contributed by atoms with Gasteiger partial charge in [-0.3, -0.25) is 9.69 Å². The van der Waals surface area contributed by atoms with E-state index in [0.29, 0.717) is 17.7 Å². The monoisotopic (exact) mass is 394 g/mol. The highest BCUT2D eigenvalue weighted by molar-refractivity contribution is 5.94. The van der Waals surface area contributed by atoms with Gasteiger partial charge in [0.25, 0.3) is 5.91 Å². The molecule has 2 aromatic carbocycles. The van der Waals surface area contributed by atoms with E-state index in [0.717, 1.165) is 17.7 Å². The Bertz CT molecular complexity index is 806. The maximum absolute atomic E-state index is 13.1. The summed E-state index contributed by atoms with van der Waals surface area (Å²) in [6, 6.07) is 12.2. The molecule has 4 nitrogen and oxygen atoms in total. The second-order valence-electron chi connectivity index (χ2n) is 6.91. The molecule has 0 radical (unpaired) electrons. The minimum atomic E-state index is -4.40. The number of benzene rings is 2. The summed E-state index contributed by atoms with van der Waals surface area (Å²) in [5.41, 5.74) is 1.30. The third-order valence-corrected chi connectivity index (χ3v) is 4.47. The van der Waals surface area contributed by atoms with Crippen molar-refractivity contribution < 1.29 is 22.7 Å². The predicted molar refractivity (Wildman–Crippen MR) is 102 cm³/mol. The number of carbonyl (C=O) groups is 1. The van der Waals surface area contributed by atoms with Crippen molar-refractivity contribution in [1.82, 2.24) is 9.80 Å². The molecule has 7 heteroatoms. The summed E-state index contributed by atoms with van der Waals surface area (Å²) in [4.78, 5) is 15.6. The molecule has 0 spiro atoms. The Balaban J connectivity index is 2.26. The number of alkyl halides is 3. The van der Waals surface area contributed by atoms with Crippen LogP contribution in [0.2, 0.25) is 0 Å². The van der Waals surface area contributed by atoms with Crippen molar-refractivity contribution in [2.24, 2.45) is 0 Å². The topological polar surface area (TPSA) is 32.8 Å². The van der Waals surface area contributed by atoms with Crippen LogP contribution in [0.3, 0.4) is 0 Å². The molecular formula is C21H25F3N2O2. The second-order valence-corrected chi connectivity index (χ2v) is 6.91. The predicted octanol–water partition coefficient (Wildman–Crippen LogP) is 4.23. The summed E-state index contributed by atoms with van der Waals surface area (Å²) in [6.07, 6.45) is -4.40. The summed E-state index contributed by atoms with van der Waals surface area (Å²) in [7, 11) is 6.71. The number of methoxy groups -OCH3 is 1. The van der Waals surface area contributed by atoms with E-state index in [2.05, 4.69) is 0 Å². The lowest BCUT2D eigenvalue weighted by molar-refractivity contribution is -0.137. The molecule has 0 saturated carbocycles. The van der Waals surface area contributed by atoms with Gasteiger partial charge in [-0.05, 0) is 42.4 Å². The highest BCUT2D eigenvalue weighted by Crippen LogP contribution is 2.32. The van der Waals surface area contributed by atoms with Gasteiger partial charge in [-0.1, -0.05) is 24.3 Å². The molecule has 0 aliphatic heterocycles. The van der Waals surface area contributed by atoms with Crippen molar-refractivity contribution in [3.8, 4) is 0 Å². The van der Waals surface area contributed by atoms with Crippen molar-refractivity contribution in [3.05, 3.63) is 70.8 Å². The lowest BCUT2D eigenvalue weighted by Crippen LogP contribution is -2.28. The van der Waals surface area contributed by atoms with Crippen molar-refractivity contribution in [2.75, 3.05) is 34.9 Å². The molecular weight excluding hydrogens is 369 g/mol. The smallest absolute Gasteiger partial charge is 0.383 e. The Labute approximate surface area is 163 Å². The van der Waals surface area contributed by atoms with Gasteiger partial charge in [0.1, 0.15) is 0 Å². The quantitative estimate of drug-likeness (QED) is 0.705. The first-order valence-electron chi connectivity index (χ1n) is 8.80. The largest absolute Gasteiger partial charge is 0.416 e. The van der Waals surface area contributed by atoms with E-state index < -0.39 is 11.7 Å². The van der Waals surface area contributed by atoms with Gasteiger partial charge in [0.15, 0.2) is 0 Å². The molecule has 0 N–H and O–H groups in total. The number of nitrogens with zero attached hydrogens (tertiary/aromatic N) is 2. The highest BCUT2D eigenvalue weighted by Gasteiger charge is 2.31. The molecule has 0 saturated heterocycles. The summed E-state index contributed by atoms with van der Waals surface area (Å²) in [5.74, 6) is -0.101. The Hall–Kier alpha value is -2.38. The van der Waals surface area contributed by atoms with E-state index in [-0.39, 0.29) is 18.6 Å². The lowest BCUT2D eigenvalue weighted by atomic mass is 10.0. The van der Waals surface area contributed by atoms with Gasteiger partial charge in [-0.25, -0.2) is 0 Å². The number of ether oxygens (including phenoxy) is 1. The fourth-order valence-electron chi connectivity index (χ4n) is 3.02. The molecule has 0 fully saturated rings. The van der Waals surface area contributed by atoms with Crippen LogP contribution < -0.4 is 0 Å². The van der Waals surface area contributed by atoms with Gasteiger partial charge >= 0.3 is 6.18 Å². The Kier molecular flexibility index (Phi) is 7.21. The Morgan fingerprint density at radius 2 is 1.75 bits per heavy atom. The first-order valence-corrected chi connectivity index (χ1v) is 8.80. The molecule has 0 aliphatic rings. The van der Waals surface area contributed by atoms with Crippen LogP contribution in [0.15, 0.2) is 48.5 Å². The van der Waals surface area contributed by atoms with E-state index in [1.807, 2.05) is 18.0 Å². The highest BCUT2D eigenvalue weighted by atomic mass is 19.4. The molecule has 0 aromatic heterocycles. The average Bonchev–Trinajstić information content (AvgIpc) is 2.65. The summed E-state index contributed by atoms with van der Waals surface area (Å²) >= 11 is 0. The molecule has 2 rings (SSSR count). The zero-order chi connectivity index (χ0) is 20.9. The molecule has 0 unspecified atom stereocenters. The number of halogens is 3. The molecule has 152 valence electrons. The van der Waals surface area contributed by atoms with Crippen LogP contribution in [0.25, 0.3) is 0 Å². The van der Waals surface area contributed by atoms with Crippen molar-refractivity contribution in [3.63, 3.8) is 0 Å². The van der Waals surface area contributed by atoms with Crippen molar-refractivity contribution in [2.45, 2.75) is 18.8 Å². The number of rotatable bonds is 7. The van der Waals surface area contributed by atoms with Gasteiger partial charge in [0.2, 0.25) is 0 Å². The minimum Gasteiger partial charge on any atom is -0.383 e. The first kappa shape index (κ1) is 21.9. The summed E-state index contributed by atoms with van der Waals surface area (Å²) in [5, 5.41) is 0. The van der Waals surface area contributed by atoms with Crippen LogP contribution in [-0.2, 0) is 17.5 Å². The number of amides is 1. The fourth-order valence-corrected chi connectivity index (χ4v) is 3.02. The minimum absolute atomic E-state index is 0.101. The maximum atomic E-state index is 13.1. The van der Waals surface area contributed by atoms with Crippen LogP contribution in [0.5, 0.6) is 0 Å². The van der Waals surface area contributed by atoms with Gasteiger partial charge in [0.05, 0.1) is 18.2 Å². The normalized spacial score (nSPS) is 12.9. The average molecular weight is 394 g/mol. The van der Waals surface area contributed by atoms with Gasteiger partial charge in [0, 0.05) is 33.3 Å². The molecule has 1 atom stereocenters. The maximum Gasteiger partial charge on any atom is 0.416 e. The number of hydrogen-bond acceptors (Lipinski definition) is 3. The number of likely N-dealkylation sites (N-methyl/N-ethyl adjacent to an activating group) is 1. The van der Waals surface area contributed by atoms with Gasteiger partial charge < -0.3 is 9.64 Å². The van der Waals surface area contributed by atoms with Crippen LogP contribution in [0.1, 0.15) is 33.1 Å². The molecule has 0 aliphatic carbocycles. The van der Waals surface area contributed by atoms with Crippen LogP contribution >= 0.6 is 0 Å². The number of carbonyl (C=O) groups excluding carboxylic acids is 1. The zero-order valence-corrected chi connectivity index (χ0v) is 16.5. The van der Waals surface area contributed by atoms with Crippen molar-refractivity contribution in [1.29, 1.82) is 0 Å². The SMILES string of the molecule is COC[C@@H](c1cccc(C(F)(F)F)c1)N(C)Cc1cccc(C(=O)N(C)C)c1. The number of hydrogen-bond donors (Lipinski definition) is 0. The molecule has 28 heavy (non-hydrogen) atoms. The van der Waals surface area contributed by atoms with E-state index in [1.54, 1.807) is 38.4 Å². The van der Waals surface area contributed by atoms with Crippen LogP contribution in [0.4, 0.5) is 13.2 Å². The van der Waals surface area contributed by atoms with E-state index >= 15 is 0 Å². The zero-order valence-electron chi connectivity index (χ0n) is 16.5. The van der Waals surface area contributed by atoms with E-state index in [9.17, 15) is 18.0 Å². The Morgan fingerprint density at radius 3 is 2.36 bits per heavy atom. The molecule has 0 bridgehead atoms. The Morgan fingerprint density at radius 1 is 1.07 bits per heavy atom. The van der Waals surface area contributed by atoms with Gasteiger partial charge in [-0.2, -0.15) is 13.2 Å². The molecule has 1 amide bonds. The fraction of sp³-hybridized carbons (Fsp3) is 0.381. The molecule has 0 heterocycles. The van der Waals surface area contributed by atoms with E-state index in [4.69, 9.17) is 4.74 Å². The van der Waals surface area contributed by atoms with Gasteiger partial charge in [-0.15, -0.1) is 0 Å². The molecule has 2 aromatic rings. The van der Waals surface area contributed by atoms with E-state index in [1.165, 1.54) is 18.1 Å². The second kappa shape index (κ2) is 9.21. The lowest BCUT2D eigenvalue weighted by Gasteiger charge is -2.28. The first-order chi connectivity index (χ1) is 13.1. The van der Waals surface area contributed by atoms with Crippen LogP contribution in [-0.4, -0.2) is 50.6 Å². The van der Waals surface area contributed by atoms with Crippen molar-refractivity contribution >= 4 is 5.91 Å². The standard InChI is InChI=1S/C21H25F3N2O2/c1-25(2)20(27)17-9-5-7-15(11-17)13-26(3)19(14-28-4)16-8-6-10-18(12-16)21(22,23)24/h5-12,19H,13-14H2,1-4H3/t19-/m0/s1. The van der Waals surface area contributed by atoms with Crippen LogP contribution in [0, 0.1) is 0 Å².